The van der Waals surface area contributed by atoms with Gasteiger partial charge in [0.2, 0.25) is 0 Å². The minimum atomic E-state index is -0.530. The number of hydrogen-bond acceptors (Lipinski definition) is 4. The minimum Gasteiger partial charge on any atom is -0.469 e. The maximum atomic E-state index is 12.5. The summed E-state index contributed by atoms with van der Waals surface area (Å²) in [6, 6.07) is 7.88. The molecule has 1 aliphatic heterocycles. The fraction of sp³-hybridized carbons (Fsp3) is 0.500. The summed E-state index contributed by atoms with van der Waals surface area (Å²) in [6.45, 7) is 1.07. The van der Waals surface area contributed by atoms with Crippen molar-refractivity contribution in [2.75, 3.05) is 27.3 Å². The number of hydrogen-bond donors (Lipinski definition) is 0. The zero-order valence-corrected chi connectivity index (χ0v) is 12.5. The Bertz CT molecular complexity index is 515. The Hall–Kier alpha value is -1.88. The van der Waals surface area contributed by atoms with Crippen molar-refractivity contribution in [1.82, 2.24) is 4.90 Å². The number of esters is 1. The van der Waals surface area contributed by atoms with Crippen LogP contribution in [-0.2, 0) is 25.5 Å². The van der Waals surface area contributed by atoms with Crippen LogP contribution in [0.3, 0.4) is 0 Å². The van der Waals surface area contributed by atoms with Crippen molar-refractivity contribution in [2.45, 2.75) is 25.4 Å². The Morgan fingerprint density at radius 1 is 1.38 bits per heavy atom. The van der Waals surface area contributed by atoms with Crippen LogP contribution in [0.25, 0.3) is 0 Å². The van der Waals surface area contributed by atoms with E-state index in [0.29, 0.717) is 26.0 Å². The number of fused-ring (bicyclic) bond motifs is 1. The van der Waals surface area contributed by atoms with Gasteiger partial charge in [0.05, 0.1) is 13.7 Å². The number of likely N-dealkylation sites (N-methyl/N-ethyl adjacent to an activating group) is 1. The van der Waals surface area contributed by atoms with Gasteiger partial charge in [-0.3, -0.25) is 9.59 Å². The second-order valence-corrected chi connectivity index (χ2v) is 5.14. The highest BCUT2D eigenvalue weighted by Gasteiger charge is 2.29. The summed E-state index contributed by atoms with van der Waals surface area (Å²) in [6.07, 6.45) is 1.21. The highest BCUT2D eigenvalue weighted by molar-refractivity contribution is 5.82. The molecule has 5 heteroatoms. The number of carbonyl (C=O) groups excluding carboxylic acids is 2. The van der Waals surface area contributed by atoms with Crippen LogP contribution >= 0.6 is 0 Å². The third-order valence-electron chi connectivity index (χ3n) is 3.70. The molecule has 0 aromatic heterocycles. The van der Waals surface area contributed by atoms with Gasteiger partial charge in [-0.1, -0.05) is 24.3 Å². The number of benzene rings is 1. The van der Waals surface area contributed by atoms with E-state index >= 15 is 0 Å². The molecule has 1 atom stereocenters. The topological polar surface area (TPSA) is 55.8 Å². The van der Waals surface area contributed by atoms with E-state index in [0.717, 1.165) is 12.0 Å². The van der Waals surface area contributed by atoms with Crippen LogP contribution in [-0.4, -0.2) is 44.1 Å². The predicted molar refractivity (Wildman–Crippen MR) is 77.7 cm³/mol. The Kier molecular flexibility index (Phi) is 5.33. The zero-order valence-electron chi connectivity index (χ0n) is 12.5. The first-order chi connectivity index (χ1) is 10.1. The van der Waals surface area contributed by atoms with Gasteiger partial charge < -0.3 is 14.4 Å². The fourth-order valence-electron chi connectivity index (χ4n) is 2.47. The van der Waals surface area contributed by atoms with E-state index in [1.165, 1.54) is 12.7 Å². The monoisotopic (exact) mass is 291 g/mol. The third kappa shape index (κ3) is 3.82. The van der Waals surface area contributed by atoms with Crippen molar-refractivity contribution in [2.24, 2.45) is 0 Å². The Morgan fingerprint density at radius 3 is 2.90 bits per heavy atom. The maximum Gasteiger partial charge on any atom is 0.305 e. The average Bonchev–Trinajstić information content (AvgIpc) is 2.53. The van der Waals surface area contributed by atoms with Crippen molar-refractivity contribution in [3.63, 3.8) is 0 Å². The molecule has 1 unspecified atom stereocenters. The van der Waals surface area contributed by atoms with E-state index in [-0.39, 0.29) is 11.9 Å². The second kappa shape index (κ2) is 7.22. The lowest BCUT2D eigenvalue weighted by atomic mass is 9.97. The Labute approximate surface area is 124 Å². The van der Waals surface area contributed by atoms with E-state index in [2.05, 4.69) is 4.74 Å². The van der Waals surface area contributed by atoms with E-state index in [4.69, 9.17) is 4.74 Å². The van der Waals surface area contributed by atoms with Crippen LogP contribution in [0.2, 0.25) is 0 Å². The summed E-state index contributed by atoms with van der Waals surface area (Å²) in [5.41, 5.74) is 2.12. The molecule has 114 valence electrons. The molecule has 0 N–H and O–H groups in total. The Balaban J connectivity index is 1.95. The van der Waals surface area contributed by atoms with Crippen molar-refractivity contribution < 1.29 is 19.1 Å². The molecule has 1 aliphatic rings. The molecule has 1 amide bonds. The van der Waals surface area contributed by atoms with Crippen molar-refractivity contribution in [3.8, 4) is 0 Å². The van der Waals surface area contributed by atoms with E-state index in [9.17, 15) is 9.59 Å². The number of nitrogens with zero attached hydrogens (tertiary/aromatic N) is 1. The average molecular weight is 291 g/mol. The van der Waals surface area contributed by atoms with Gasteiger partial charge in [0.1, 0.15) is 0 Å². The molecule has 0 bridgehead atoms. The minimum absolute atomic E-state index is 0.0629. The highest BCUT2D eigenvalue weighted by atomic mass is 16.5. The second-order valence-electron chi connectivity index (χ2n) is 5.14. The summed E-state index contributed by atoms with van der Waals surface area (Å²) in [5, 5.41) is 0. The number of rotatable bonds is 5. The van der Waals surface area contributed by atoms with Gasteiger partial charge in [0.15, 0.2) is 6.10 Å². The summed E-state index contributed by atoms with van der Waals surface area (Å²) >= 11 is 0. The van der Waals surface area contributed by atoms with Crippen LogP contribution in [0, 0.1) is 0 Å². The number of amides is 1. The molecule has 2 rings (SSSR count). The van der Waals surface area contributed by atoms with E-state index < -0.39 is 6.10 Å². The van der Waals surface area contributed by atoms with E-state index in [1.807, 2.05) is 24.3 Å². The van der Waals surface area contributed by atoms with Gasteiger partial charge in [-0.15, -0.1) is 0 Å². The third-order valence-corrected chi connectivity index (χ3v) is 3.70. The molecular weight excluding hydrogens is 270 g/mol. The van der Waals surface area contributed by atoms with Crippen LogP contribution in [0.5, 0.6) is 0 Å². The fourth-order valence-corrected chi connectivity index (χ4v) is 2.47. The molecule has 0 fully saturated rings. The molecule has 0 saturated heterocycles. The number of carbonyl (C=O) groups is 2. The molecule has 0 radical (unpaired) electrons. The molecule has 1 aromatic rings. The van der Waals surface area contributed by atoms with Crippen molar-refractivity contribution in [1.29, 1.82) is 0 Å². The molecule has 0 aliphatic carbocycles. The van der Waals surface area contributed by atoms with Crippen LogP contribution < -0.4 is 0 Å². The summed E-state index contributed by atoms with van der Waals surface area (Å²) < 4.78 is 10.2. The number of ether oxygens (including phenoxy) is 2. The molecule has 1 aromatic carbocycles. The normalized spacial score (nSPS) is 17.0. The molecule has 0 saturated carbocycles. The molecule has 21 heavy (non-hydrogen) atoms. The summed E-state index contributed by atoms with van der Waals surface area (Å²) in [4.78, 5) is 25.2. The SMILES string of the molecule is COC(=O)CCCN(C)C(=O)C1OCCc2ccccc21. The van der Waals surface area contributed by atoms with Crippen molar-refractivity contribution in [3.05, 3.63) is 35.4 Å². The van der Waals surface area contributed by atoms with Gasteiger partial charge in [-0.25, -0.2) is 0 Å². The molecule has 1 heterocycles. The smallest absolute Gasteiger partial charge is 0.305 e. The van der Waals surface area contributed by atoms with Gasteiger partial charge in [0, 0.05) is 20.0 Å². The Morgan fingerprint density at radius 2 is 2.14 bits per heavy atom. The quantitative estimate of drug-likeness (QED) is 0.775. The highest BCUT2D eigenvalue weighted by Crippen LogP contribution is 2.28. The molecular formula is C16H21NO4. The number of methoxy groups -OCH3 is 1. The van der Waals surface area contributed by atoms with Gasteiger partial charge >= 0.3 is 5.97 Å². The van der Waals surface area contributed by atoms with Gasteiger partial charge in [-0.05, 0) is 24.0 Å². The van der Waals surface area contributed by atoms with Crippen LogP contribution in [0.4, 0.5) is 0 Å². The van der Waals surface area contributed by atoms with Crippen LogP contribution in [0.15, 0.2) is 24.3 Å². The lowest BCUT2D eigenvalue weighted by molar-refractivity contribution is -0.145. The predicted octanol–water partition coefficient (Wildman–Crippen LogP) is 1.71. The lowest BCUT2D eigenvalue weighted by Crippen LogP contribution is -2.36. The van der Waals surface area contributed by atoms with Gasteiger partial charge in [0.25, 0.3) is 5.91 Å². The summed E-state index contributed by atoms with van der Waals surface area (Å²) in [5.74, 6) is -0.317. The lowest BCUT2D eigenvalue weighted by Gasteiger charge is -2.28. The first-order valence-corrected chi connectivity index (χ1v) is 7.14. The zero-order chi connectivity index (χ0) is 15.2. The standard InChI is InChI=1S/C16H21NO4/c1-17(10-5-8-14(18)20-2)16(19)15-13-7-4-3-6-12(13)9-11-21-15/h3-4,6-7,15H,5,8-11H2,1-2H3. The first-order valence-electron chi connectivity index (χ1n) is 7.14. The molecule has 0 spiro atoms. The van der Waals surface area contributed by atoms with Crippen LogP contribution in [0.1, 0.15) is 30.1 Å². The van der Waals surface area contributed by atoms with E-state index in [1.54, 1.807) is 11.9 Å². The van der Waals surface area contributed by atoms with Gasteiger partial charge in [-0.2, -0.15) is 0 Å². The first kappa shape index (κ1) is 15.5. The van der Waals surface area contributed by atoms with Crippen molar-refractivity contribution >= 4 is 11.9 Å². The summed E-state index contributed by atoms with van der Waals surface area (Å²) in [7, 11) is 3.10. The largest absolute Gasteiger partial charge is 0.469 e. The molecule has 5 nitrogen and oxygen atoms in total. The maximum absolute atomic E-state index is 12.5.